The van der Waals surface area contributed by atoms with Crippen LogP contribution in [0.25, 0.3) is 10.9 Å². The summed E-state index contributed by atoms with van der Waals surface area (Å²) in [5.41, 5.74) is 6.66. The lowest BCUT2D eigenvalue weighted by Gasteiger charge is -2.43. The Morgan fingerprint density at radius 1 is 1.14 bits per heavy atom. The van der Waals surface area contributed by atoms with E-state index in [1.165, 1.54) is 33.2 Å². The quantitative estimate of drug-likeness (QED) is 0.666. The molecule has 2 atom stereocenters. The largest absolute Gasteiger partial charge is 0.508 e. The normalized spacial score (nSPS) is 23.3. The first-order valence-electron chi connectivity index (χ1n) is 7.83. The second kappa shape index (κ2) is 4.14. The average molecular weight is 290 g/mol. The van der Waals surface area contributed by atoms with Crippen molar-refractivity contribution >= 4 is 10.9 Å². The van der Waals surface area contributed by atoms with Crippen molar-refractivity contribution in [3.05, 3.63) is 64.8 Å². The van der Waals surface area contributed by atoms with E-state index in [4.69, 9.17) is 0 Å². The van der Waals surface area contributed by atoms with Crippen molar-refractivity contribution in [2.45, 2.75) is 24.9 Å². The molecule has 2 N–H and O–H groups in total. The van der Waals surface area contributed by atoms with Gasteiger partial charge in [-0.25, -0.2) is 0 Å². The van der Waals surface area contributed by atoms with Crippen LogP contribution in [0, 0.1) is 0 Å². The highest BCUT2D eigenvalue weighted by molar-refractivity contribution is 5.89. The number of benzene rings is 2. The van der Waals surface area contributed by atoms with Gasteiger partial charge in [0.05, 0.1) is 0 Å². The Morgan fingerprint density at radius 3 is 2.95 bits per heavy atom. The number of hydrogen-bond acceptors (Lipinski definition) is 2. The number of H-pyrrole nitrogens is 1. The molecule has 22 heavy (non-hydrogen) atoms. The molecule has 0 bridgehead atoms. The van der Waals surface area contributed by atoms with E-state index in [9.17, 15) is 5.11 Å². The van der Waals surface area contributed by atoms with E-state index in [1.807, 2.05) is 6.07 Å². The minimum atomic E-state index is 0.341. The van der Waals surface area contributed by atoms with E-state index >= 15 is 0 Å². The highest BCUT2D eigenvalue weighted by atomic mass is 16.3. The Bertz CT molecular complexity index is 896. The number of nitrogens with zero attached hydrogens (tertiary/aromatic N) is 1. The van der Waals surface area contributed by atoms with Gasteiger partial charge in [0.1, 0.15) is 5.75 Å². The smallest absolute Gasteiger partial charge is 0.115 e. The first-order chi connectivity index (χ1) is 10.7. The van der Waals surface area contributed by atoms with Crippen LogP contribution in [0.1, 0.15) is 28.2 Å². The first kappa shape index (κ1) is 12.3. The van der Waals surface area contributed by atoms with Crippen molar-refractivity contribution < 1.29 is 5.11 Å². The third kappa shape index (κ3) is 1.49. The van der Waals surface area contributed by atoms with Crippen molar-refractivity contribution in [3.8, 4) is 5.75 Å². The molecule has 0 saturated carbocycles. The van der Waals surface area contributed by atoms with Gasteiger partial charge in [0.15, 0.2) is 0 Å². The van der Waals surface area contributed by atoms with Gasteiger partial charge in [-0.1, -0.05) is 18.2 Å². The van der Waals surface area contributed by atoms with Crippen LogP contribution < -0.4 is 0 Å². The highest BCUT2D eigenvalue weighted by Crippen LogP contribution is 2.46. The van der Waals surface area contributed by atoms with Crippen LogP contribution in [0.5, 0.6) is 5.75 Å². The molecule has 0 radical (unpaired) electrons. The van der Waals surface area contributed by atoms with Gasteiger partial charge in [-0.05, 0) is 53.9 Å². The Labute approximate surface area is 129 Å². The van der Waals surface area contributed by atoms with Crippen LogP contribution in [-0.4, -0.2) is 28.1 Å². The summed E-state index contributed by atoms with van der Waals surface area (Å²) >= 11 is 0. The topological polar surface area (TPSA) is 39.3 Å². The molecule has 3 aromatic rings. The third-order valence-electron chi connectivity index (χ3n) is 5.42. The number of aromatic amines is 1. The molecular weight excluding hydrogens is 272 g/mol. The fraction of sp³-hybridized carbons (Fsp3) is 0.263. The van der Waals surface area contributed by atoms with Gasteiger partial charge in [0, 0.05) is 35.6 Å². The maximum Gasteiger partial charge on any atom is 0.115 e. The minimum Gasteiger partial charge on any atom is -0.508 e. The molecular formula is C19H18N2O. The molecule has 3 nitrogen and oxygen atoms in total. The maximum atomic E-state index is 9.97. The van der Waals surface area contributed by atoms with Gasteiger partial charge < -0.3 is 10.1 Å². The number of likely N-dealkylation sites (N-methyl/N-ethyl adjacent to an activating group) is 1. The number of fused-ring (bicyclic) bond motifs is 4. The molecule has 0 spiro atoms. The van der Waals surface area contributed by atoms with Crippen LogP contribution in [0.15, 0.2) is 42.6 Å². The summed E-state index contributed by atoms with van der Waals surface area (Å²) < 4.78 is 0. The van der Waals surface area contributed by atoms with E-state index in [0.717, 1.165) is 13.0 Å². The molecule has 0 fully saturated rings. The third-order valence-corrected chi connectivity index (χ3v) is 5.42. The molecule has 110 valence electrons. The molecule has 5 rings (SSSR count). The summed E-state index contributed by atoms with van der Waals surface area (Å²) in [4.78, 5) is 5.87. The van der Waals surface area contributed by atoms with Crippen molar-refractivity contribution in [2.24, 2.45) is 0 Å². The second-order valence-electron chi connectivity index (χ2n) is 6.63. The summed E-state index contributed by atoms with van der Waals surface area (Å²) in [6, 6.07) is 12.8. The standard InChI is InChI=1S/C19H18N2O/c1-21-10-11-5-6-13(22)8-15(11)19-14-3-2-4-16-18(14)12(9-20-16)7-17(19)21/h2-6,8-9,17,19-20,22H,7,10H2,1H3/t17-,19+/m1/s1. The summed E-state index contributed by atoms with van der Waals surface area (Å²) in [6.45, 7) is 0.951. The average Bonchev–Trinajstić information content (AvgIpc) is 2.93. The minimum absolute atomic E-state index is 0.341. The van der Waals surface area contributed by atoms with E-state index in [0.29, 0.717) is 17.7 Å². The van der Waals surface area contributed by atoms with Crippen LogP contribution >= 0.6 is 0 Å². The van der Waals surface area contributed by atoms with E-state index in [2.05, 4.69) is 47.4 Å². The zero-order valence-electron chi connectivity index (χ0n) is 12.5. The molecule has 1 aliphatic heterocycles. The number of phenolic OH excluding ortho intramolecular Hbond substituents is 1. The van der Waals surface area contributed by atoms with E-state index < -0.39 is 0 Å². The zero-order valence-corrected chi connectivity index (χ0v) is 12.5. The molecule has 0 amide bonds. The van der Waals surface area contributed by atoms with E-state index in [1.54, 1.807) is 6.07 Å². The number of phenols is 1. The van der Waals surface area contributed by atoms with Crippen molar-refractivity contribution in [3.63, 3.8) is 0 Å². The SMILES string of the molecule is CN1Cc2ccc(O)cc2[C@@H]2c3cccc4[nH]cc(c34)C[C@H]21. The number of rotatable bonds is 0. The van der Waals surface area contributed by atoms with Gasteiger partial charge in [-0.2, -0.15) is 0 Å². The number of hydrogen-bond donors (Lipinski definition) is 2. The highest BCUT2D eigenvalue weighted by Gasteiger charge is 2.38. The van der Waals surface area contributed by atoms with Crippen molar-refractivity contribution in [1.82, 2.24) is 9.88 Å². The fourth-order valence-electron chi connectivity index (χ4n) is 4.44. The molecule has 0 saturated heterocycles. The first-order valence-corrected chi connectivity index (χ1v) is 7.83. The molecule has 0 unspecified atom stereocenters. The van der Waals surface area contributed by atoms with Crippen LogP contribution in [-0.2, 0) is 13.0 Å². The van der Waals surface area contributed by atoms with Crippen LogP contribution in [0.3, 0.4) is 0 Å². The predicted octanol–water partition coefficient (Wildman–Crippen LogP) is 3.38. The van der Waals surface area contributed by atoms with Gasteiger partial charge in [0.25, 0.3) is 0 Å². The maximum absolute atomic E-state index is 9.97. The number of aromatic nitrogens is 1. The van der Waals surface area contributed by atoms with Crippen molar-refractivity contribution in [2.75, 3.05) is 7.05 Å². The number of aromatic hydroxyl groups is 1. The molecule has 3 heteroatoms. The van der Waals surface area contributed by atoms with Crippen LogP contribution in [0.2, 0.25) is 0 Å². The van der Waals surface area contributed by atoms with Gasteiger partial charge >= 0.3 is 0 Å². The summed E-state index contributed by atoms with van der Waals surface area (Å²) in [7, 11) is 2.21. The molecule has 2 aromatic carbocycles. The van der Waals surface area contributed by atoms with Gasteiger partial charge in [0.2, 0.25) is 0 Å². The fourth-order valence-corrected chi connectivity index (χ4v) is 4.44. The van der Waals surface area contributed by atoms with Crippen LogP contribution in [0.4, 0.5) is 0 Å². The lowest BCUT2D eigenvalue weighted by Crippen LogP contribution is -2.44. The monoisotopic (exact) mass is 290 g/mol. The van der Waals surface area contributed by atoms with E-state index in [-0.39, 0.29) is 0 Å². The summed E-state index contributed by atoms with van der Waals surface area (Å²) in [5.74, 6) is 0.710. The Balaban J connectivity index is 1.83. The predicted molar refractivity (Wildman–Crippen MR) is 87.2 cm³/mol. The van der Waals surface area contributed by atoms with Gasteiger partial charge in [-0.3, -0.25) is 4.90 Å². The Morgan fingerprint density at radius 2 is 2.05 bits per heavy atom. The zero-order chi connectivity index (χ0) is 14.8. The lowest BCUT2D eigenvalue weighted by molar-refractivity contribution is 0.193. The lowest BCUT2D eigenvalue weighted by atomic mass is 9.72. The summed E-state index contributed by atoms with van der Waals surface area (Å²) in [6.07, 6.45) is 3.23. The van der Waals surface area contributed by atoms with Crippen molar-refractivity contribution in [1.29, 1.82) is 0 Å². The summed E-state index contributed by atoms with van der Waals surface area (Å²) in [5, 5.41) is 11.4. The Hall–Kier alpha value is -2.26. The number of nitrogens with one attached hydrogen (secondary N) is 1. The molecule has 2 aliphatic rings. The second-order valence-corrected chi connectivity index (χ2v) is 6.63. The van der Waals surface area contributed by atoms with Gasteiger partial charge in [-0.15, -0.1) is 0 Å². The Kier molecular flexibility index (Phi) is 2.32. The molecule has 1 aromatic heterocycles. The molecule has 2 heterocycles. The molecule has 1 aliphatic carbocycles.